The fourth-order valence-electron chi connectivity index (χ4n) is 3.21. The second kappa shape index (κ2) is 7.83. The molecule has 24 heavy (non-hydrogen) atoms. The van der Waals surface area contributed by atoms with Crippen molar-refractivity contribution in [3.63, 3.8) is 0 Å². The minimum atomic E-state index is -0.177. The molecule has 1 aliphatic carbocycles. The van der Waals surface area contributed by atoms with E-state index in [1.807, 2.05) is 53.8 Å². The molecule has 0 N–H and O–H groups in total. The SMILES string of the molecule is CC(Sc1nncn1-c1ccccc1)C(=O)N(C)C1CCCCC1. The van der Waals surface area contributed by atoms with Gasteiger partial charge in [0, 0.05) is 18.8 Å². The van der Waals surface area contributed by atoms with E-state index in [9.17, 15) is 4.79 Å². The van der Waals surface area contributed by atoms with Gasteiger partial charge in [-0.25, -0.2) is 0 Å². The van der Waals surface area contributed by atoms with Crippen molar-refractivity contribution in [2.24, 2.45) is 0 Å². The third kappa shape index (κ3) is 3.80. The number of aromatic nitrogens is 3. The Labute approximate surface area is 147 Å². The van der Waals surface area contributed by atoms with Crippen molar-refractivity contribution in [1.82, 2.24) is 19.7 Å². The molecule has 0 saturated heterocycles. The van der Waals surface area contributed by atoms with Gasteiger partial charge in [-0.2, -0.15) is 0 Å². The number of thioether (sulfide) groups is 1. The van der Waals surface area contributed by atoms with Crippen molar-refractivity contribution in [3.8, 4) is 5.69 Å². The fraction of sp³-hybridized carbons (Fsp3) is 0.500. The van der Waals surface area contributed by atoms with E-state index in [0.717, 1.165) is 23.7 Å². The lowest BCUT2D eigenvalue weighted by atomic mass is 9.94. The van der Waals surface area contributed by atoms with E-state index >= 15 is 0 Å². The molecule has 0 radical (unpaired) electrons. The number of carbonyl (C=O) groups is 1. The molecule has 3 rings (SSSR count). The molecule has 6 heteroatoms. The van der Waals surface area contributed by atoms with Crippen LogP contribution in [0.15, 0.2) is 41.8 Å². The molecule has 0 aliphatic heterocycles. The molecule has 0 bridgehead atoms. The summed E-state index contributed by atoms with van der Waals surface area (Å²) in [6.07, 6.45) is 7.70. The Hall–Kier alpha value is -1.82. The van der Waals surface area contributed by atoms with E-state index in [1.54, 1.807) is 6.33 Å². The van der Waals surface area contributed by atoms with Crippen molar-refractivity contribution in [3.05, 3.63) is 36.7 Å². The summed E-state index contributed by atoms with van der Waals surface area (Å²) in [4.78, 5) is 14.7. The second-order valence-electron chi connectivity index (χ2n) is 6.32. The molecule has 1 atom stereocenters. The molecule has 1 amide bonds. The Morgan fingerprint density at radius 1 is 1.25 bits per heavy atom. The highest BCUT2D eigenvalue weighted by atomic mass is 32.2. The number of hydrogen-bond acceptors (Lipinski definition) is 4. The number of rotatable bonds is 5. The van der Waals surface area contributed by atoms with E-state index in [-0.39, 0.29) is 11.2 Å². The zero-order valence-electron chi connectivity index (χ0n) is 14.3. The molecule has 1 saturated carbocycles. The highest BCUT2D eigenvalue weighted by Crippen LogP contribution is 2.27. The third-order valence-electron chi connectivity index (χ3n) is 4.65. The number of benzene rings is 1. The summed E-state index contributed by atoms with van der Waals surface area (Å²) in [6.45, 7) is 1.95. The molecule has 1 unspecified atom stereocenters. The van der Waals surface area contributed by atoms with Crippen LogP contribution in [0.2, 0.25) is 0 Å². The van der Waals surface area contributed by atoms with Gasteiger partial charge in [0.1, 0.15) is 6.33 Å². The quantitative estimate of drug-likeness (QED) is 0.779. The number of nitrogens with zero attached hydrogens (tertiary/aromatic N) is 4. The summed E-state index contributed by atoms with van der Waals surface area (Å²) in [7, 11) is 1.94. The van der Waals surface area contributed by atoms with Gasteiger partial charge in [0.15, 0.2) is 5.16 Å². The fourth-order valence-corrected chi connectivity index (χ4v) is 4.16. The summed E-state index contributed by atoms with van der Waals surface area (Å²) in [5.41, 5.74) is 1.00. The predicted octanol–water partition coefficient (Wildman–Crippen LogP) is 3.54. The van der Waals surface area contributed by atoms with Gasteiger partial charge in [0.05, 0.1) is 5.25 Å². The number of amides is 1. The molecule has 5 nitrogen and oxygen atoms in total. The average Bonchev–Trinajstić information content (AvgIpc) is 3.10. The standard InChI is InChI=1S/C18H24N4OS/c1-14(17(23)21(2)15-9-5-3-6-10-15)24-18-20-19-13-22(18)16-11-7-4-8-12-16/h4,7-8,11-15H,3,5-6,9-10H2,1-2H3. The molecule has 1 aliphatic rings. The first-order valence-corrected chi connectivity index (χ1v) is 9.43. The van der Waals surface area contributed by atoms with Gasteiger partial charge in [0.25, 0.3) is 0 Å². The van der Waals surface area contributed by atoms with Gasteiger partial charge < -0.3 is 4.90 Å². The smallest absolute Gasteiger partial charge is 0.235 e. The van der Waals surface area contributed by atoms with Gasteiger partial charge in [-0.1, -0.05) is 49.2 Å². The molecule has 128 valence electrons. The van der Waals surface area contributed by atoms with Gasteiger partial charge in [-0.15, -0.1) is 10.2 Å². The van der Waals surface area contributed by atoms with Gasteiger partial charge in [0.2, 0.25) is 5.91 Å². The Balaban J connectivity index is 1.68. The summed E-state index contributed by atoms with van der Waals surface area (Å²) in [5.74, 6) is 0.175. The van der Waals surface area contributed by atoms with E-state index in [4.69, 9.17) is 0 Å². The number of hydrogen-bond donors (Lipinski definition) is 0. The zero-order valence-corrected chi connectivity index (χ0v) is 15.1. The minimum absolute atomic E-state index is 0.175. The van der Waals surface area contributed by atoms with Crippen LogP contribution in [-0.4, -0.2) is 43.9 Å². The second-order valence-corrected chi connectivity index (χ2v) is 7.63. The maximum atomic E-state index is 12.8. The molecule has 1 aromatic heterocycles. The van der Waals surface area contributed by atoms with Gasteiger partial charge >= 0.3 is 0 Å². The third-order valence-corrected chi connectivity index (χ3v) is 5.70. The van der Waals surface area contributed by atoms with Crippen LogP contribution in [0.25, 0.3) is 5.69 Å². The van der Waals surface area contributed by atoms with Crippen LogP contribution in [0.4, 0.5) is 0 Å². The van der Waals surface area contributed by atoms with Gasteiger partial charge in [-0.05, 0) is 31.9 Å². The van der Waals surface area contributed by atoms with Crippen LogP contribution in [0.5, 0.6) is 0 Å². The normalized spacial score (nSPS) is 16.8. The van der Waals surface area contributed by atoms with E-state index in [0.29, 0.717) is 6.04 Å². The Morgan fingerprint density at radius 2 is 1.96 bits per heavy atom. The van der Waals surface area contributed by atoms with Crippen LogP contribution in [0.3, 0.4) is 0 Å². The van der Waals surface area contributed by atoms with E-state index < -0.39 is 0 Å². The first-order chi connectivity index (χ1) is 11.7. The molecule has 2 aromatic rings. The van der Waals surface area contributed by atoms with Crippen molar-refractivity contribution < 1.29 is 4.79 Å². The largest absolute Gasteiger partial charge is 0.342 e. The Kier molecular flexibility index (Phi) is 5.56. The zero-order chi connectivity index (χ0) is 16.9. The highest BCUT2D eigenvalue weighted by Gasteiger charge is 2.27. The average molecular weight is 344 g/mol. The van der Waals surface area contributed by atoms with Crippen molar-refractivity contribution in [2.45, 2.75) is 55.5 Å². The van der Waals surface area contributed by atoms with E-state index in [1.165, 1.54) is 31.0 Å². The van der Waals surface area contributed by atoms with Crippen molar-refractivity contribution >= 4 is 17.7 Å². The minimum Gasteiger partial charge on any atom is -0.342 e. The molecule has 1 aromatic carbocycles. The number of para-hydroxylation sites is 1. The van der Waals surface area contributed by atoms with Crippen LogP contribution >= 0.6 is 11.8 Å². The van der Waals surface area contributed by atoms with Gasteiger partial charge in [-0.3, -0.25) is 9.36 Å². The molecule has 1 heterocycles. The molecular formula is C18H24N4OS. The monoisotopic (exact) mass is 344 g/mol. The molecule has 1 fully saturated rings. The lowest BCUT2D eigenvalue weighted by molar-refractivity contribution is -0.131. The first kappa shape index (κ1) is 17.0. The summed E-state index contributed by atoms with van der Waals surface area (Å²) in [5, 5.41) is 8.78. The Bertz CT molecular complexity index is 667. The first-order valence-electron chi connectivity index (χ1n) is 8.55. The van der Waals surface area contributed by atoms with E-state index in [2.05, 4.69) is 10.2 Å². The van der Waals surface area contributed by atoms with Crippen LogP contribution in [-0.2, 0) is 4.79 Å². The summed E-state index contributed by atoms with van der Waals surface area (Å²) < 4.78 is 1.93. The topological polar surface area (TPSA) is 51.0 Å². The highest BCUT2D eigenvalue weighted by molar-refractivity contribution is 8.00. The number of carbonyl (C=O) groups excluding carboxylic acids is 1. The maximum absolute atomic E-state index is 12.8. The summed E-state index contributed by atoms with van der Waals surface area (Å²) in [6, 6.07) is 10.3. The van der Waals surface area contributed by atoms with Crippen molar-refractivity contribution in [1.29, 1.82) is 0 Å². The molecular weight excluding hydrogens is 320 g/mol. The lowest BCUT2D eigenvalue weighted by Gasteiger charge is -2.32. The predicted molar refractivity (Wildman–Crippen MR) is 96.3 cm³/mol. The lowest BCUT2D eigenvalue weighted by Crippen LogP contribution is -2.42. The molecule has 0 spiro atoms. The Morgan fingerprint density at radius 3 is 2.67 bits per heavy atom. The van der Waals surface area contributed by atoms with Crippen LogP contribution < -0.4 is 0 Å². The van der Waals surface area contributed by atoms with Crippen LogP contribution in [0, 0.1) is 0 Å². The van der Waals surface area contributed by atoms with Crippen molar-refractivity contribution in [2.75, 3.05) is 7.05 Å². The maximum Gasteiger partial charge on any atom is 0.235 e. The summed E-state index contributed by atoms with van der Waals surface area (Å²) >= 11 is 1.47. The van der Waals surface area contributed by atoms with Crippen LogP contribution in [0.1, 0.15) is 39.0 Å².